The zero-order valence-electron chi connectivity index (χ0n) is 17.7. The largest absolute Gasteiger partial charge is 0.337 e. The summed E-state index contributed by atoms with van der Waals surface area (Å²) in [4.78, 5) is 44.9. The zero-order chi connectivity index (χ0) is 22.0. The summed E-state index contributed by atoms with van der Waals surface area (Å²) < 4.78 is 1.93. The van der Waals surface area contributed by atoms with Gasteiger partial charge in [-0.1, -0.05) is 59.7 Å². The van der Waals surface area contributed by atoms with Gasteiger partial charge < -0.3 is 9.47 Å². The summed E-state index contributed by atoms with van der Waals surface area (Å²) in [5.74, 6) is -2.55. The van der Waals surface area contributed by atoms with Crippen LogP contribution in [0.3, 0.4) is 0 Å². The number of amides is 1. The number of Topliss-reactive ketones (excluding diaryl/α,β-unsaturated/α-hetero) is 2. The summed E-state index contributed by atoms with van der Waals surface area (Å²) in [6.45, 7) is 4.98. The van der Waals surface area contributed by atoms with Gasteiger partial charge in [0.05, 0.1) is 12.4 Å². The molecule has 3 aromatic rings. The molecule has 1 aromatic heterocycles. The zero-order valence-corrected chi connectivity index (χ0v) is 17.7. The number of hydrogen-bond acceptors (Lipinski definition) is 4. The molecule has 0 spiro atoms. The number of carbonyl (C=O) groups is 3. The molecular formula is C25H25N3O3. The van der Waals surface area contributed by atoms with E-state index in [0.29, 0.717) is 25.1 Å². The molecule has 2 atom stereocenters. The number of rotatable bonds is 7. The Morgan fingerprint density at radius 1 is 0.935 bits per heavy atom. The third kappa shape index (κ3) is 4.19. The summed E-state index contributed by atoms with van der Waals surface area (Å²) in [6.07, 6.45) is 5.94. The van der Waals surface area contributed by atoms with Crippen molar-refractivity contribution in [2.45, 2.75) is 32.9 Å². The van der Waals surface area contributed by atoms with Crippen LogP contribution < -0.4 is 0 Å². The van der Waals surface area contributed by atoms with Crippen LogP contribution in [-0.4, -0.2) is 38.5 Å². The smallest absolute Gasteiger partial charge is 0.291 e. The molecule has 1 amide bonds. The molecule has 6 nitrogen and oxygen atoms in total. The third-order valence-electron chi connectivity index (χ3n) is 5.82. The van der Waals surface area contributed by atoms with Crippen LogP contribution in [0.2, 0.25) is 0 Å². The Hall–Kier alpha value is -3.54. The Labute approximate surface area is 181 Å². The average Bonchev–Trinajstić information content (AvgIpc) is 3.37. The van der Waals surface area contributed by atoms with Crippen LogP contribution in [-0.2, 0) is 16.1 Å². The van der Waals surface area contributed by atoms with Gasteiger partial charge in [0.15, 0.2) is 5.78 Å². The van der Waals surface area contributed by atoms with Crippen LogP contribution in [0.1, 0.15) is 39.5 Å². The number of hydrogen-bond donors (Lipinski definition) is 0. The number of carbonyl (C=O) groups excluding carboxylic acids is 3. The first-order chi connectivity index (χ1) is 15.0. The van der Waals surface area contributed by atoms with E-state index in [1.165, 1.54) is 0 Å². The molecule has 158 valence electrons. The highest BCUT2D eigenvalue weighted by Gasteiger charge is 2.51. The number of imidazole rings is 1. The quantitative estimate of drug-likeness (QED) is 0.336. The average molecular weight is 415 g/mol. The molecule has 2 aromatic carbocycles. The Morgan fingerprint density at radius 3 is 2.19 bits per heavy atom. The molecule has 1 aliphatic heterocycles. The van der Waals surface area contributed by atoms with Gasteiger partial charge in [0.1, 0.15) is 5.92 Å². The minimum atomic E-state index is -1.04. The van der Waals surface area contributed by atoms with E-state index in [0.717, 1.165) is 16.7 Å². The summed E-state index contributed by atoms with van der Waals surface area (Å²) in [7, 11) is 0. The molecule has 2 unspecified atom stereocenters. The first-order valence-corrected chi connectivity index (χ1v) is 10.4. The maximum absolute atomic E-state index is 13.4. The Balaban J connectivity index is 1.65. The minimum absolute atomic E-state index is 0.305. The van der Waals surface area contributed by atoms with Gasteiger partial charge in [0.2, 0.25) is 5.78 Å². The molecule has 0 N–H and O–H groups in total. The van der Waals surface area contributed by atoms with Crippen molar-refractivity contribution in [2.24, 2.45) is 5.92 Å². The fraction of sp³-hybridized carbons (Fsp3) is 0.280. The molecule has 0 radical (unpaired) electrons. The maximum Gasteiger partial charge on any atom is 0.291 e. The molecule has 1 fully saturated rings. The highest BCUT2D eigenvalue weighted by atomic mass is 16.2. The first-order valence-electron chi connectivity index (χ1n) is 10.4. The van der Waals surface area contributed by atoms with Gasteiger partial charge in [-0.15, -0.1) is 0 Å². The maximum atomic E-state index is 13.4. The summed E-state index contributed by atoms with van der Waals surface area (Å²) in [6, 6.07) is 14.2. The van der Waals surface area contributed by atoms with E-state index >= 15 is 0 Å². The van der Waals surface area contributed by atoms with E-state index in [9.17, 15) is 14.4 Å². The lowest BCUT2D eigenvalue weighted by molar-refractivity contribution is -0.140. The van der Waals surface area contributed by atoms with Crippen molar-refractivity contribution >= 4 is 17.5 Å². The highest BCUT2D eigenvalue weighted by molar-refractivity contribution is 6.44. The lowest BCUT2D eigenvalue weighted by atomic mass is 9.86. The van der Waals surface area contributed by atoms with Gasteiger partial charge in [-0.3, -0.25) is 14.4 Å². The van der Waals surface area contributed by atoms with Gasteiger partial charge in [-0.25, -0.2) is 4.98 Å². The molecule has 0 saturated carbocycles. The first kappa shape index (κ1) is 20.7. The third-order valence-corrected chi connectivity index (χ3v) is 5.82. The van der Waals surface area contributed by atoms with Crippen LogP contribution in [0, 0.1) is 19.8 Å². The topological polar surface area (TPSA) is 72.3 Å². The number of likely N-dealkylation sites (tertiary alicyclic amines) is 1. The normalized spacial score (nSPS) is 18.6. The second-order valence-corrected chi connectivity index (χ2v) is 8.08. The summed E-state index contributed by atoms with van der Waals surface area (Å²) >= 11 is 0. The second kappa shape index (κ2) is 8.68. The predicted octanol–water partition coefficient (Wildman–Crippen LogP) is 3.54. The molecule has 0 bridgehead atoms. The Kier molecular flexibility index (Phi) is 5.80. The van der Waals surface area contributed by atoms with Gasteiger partial charge in [-0.2, -0.15) is 0 Å². The number of aromatic nitrogens is 2. The predicted molar refractivity (Wildman–Crippen MR) is 116 cm³/mol. The van der Waals surface area contributed by atoms with E-state index in [-0.39, 0.29) is 5.78 Å². The van der Waals surface area contributed by atoms with Gasteiger partial charge >= 0.3 is 0 Å². The van der Waals surface area contributed by atoms with Crippen molar-refractivity contribution in [2.75, 3.05) is 6.54 Å². The molecule has 0 aliphatic carbocycles. The van der Waals surface area contributed by atoms with Gasteiger partial charge in [-0.05, 0) is 25.8 Å². The Bertz CT molecular complexity index is 1090. The van der Waals surface area contributed by atoms with E-state index in [1.54, 1.807) is 29.6 Å². The van der Waals surface area contributed by atoms with Crippen LogP contribution in [0.5, 0.6) is 0 Å². The SMILES string of the molecule is Cc1ccc(C(=O)C2C(=O)C(=O)N(CCCn3ccnc3)C2c2ccc(C)cc2)cc1. The molecule has 1 saturated heterocycles. The molecular weight excluding hydrogens is 390 g/mol. The summed E-state index contributed by atoms with van der Waals surface area (Å²) in [5.41, 5.74) is 3.36. The lowest BCUT2D eigenvalue weighted by Crippen LogP contribution is -2.32. The fourth-order valence-corrected chi connectivity index (χ4v) is 4.10. The number of ketones is 2. The Morgan fingerprint density at radius 2 is 1.58 bits per heavy atom. The van der Waals surface area contributed by atoms with Crippen molar-refractivity contribution in [3.8, 4) is 0 Å². The van der Waals surface area contributed by atoms with Crippen LogP contribution in [0.4, 0.5) is 0 Å². The van der Waals surface area contributed by atoms with Crippen molar-refractivity contribution < 1.29 is 14.4 Å². The number of aryl methyl sites for hydroxylation is 3. The van der Waals surface area contributed by atoms with Crippen molar-refractivity contribution in [3.05, 3.63) is 89.5 Å². The molecule has 31 heavy (non-hydrogen) atoms. The summed E-state index contributed by atoms with van der Waals surface area (Å²) in [5, 5.41) is 0. The van der Waals surface area contributed by atoms with Crippen LogP contribution in [0.25, 0.3) is 0 Å². The second-order valence-electron chi connectivity index (χ2n) is 8.08. The van der Waals surface area contributed by atoms with Gasteiger partial charge in [0, 0.05) is 31.0 Å². The van der Waals surface area contributed by atoms with Crippen molar-refractivity contribution in [3.63, 3.8) is 0 Å². The van der Waals surface area contributed by atoms with Crippen LogP contribution in [0.15, 0.2) is 67.3 Å². The number of benzene rings is 2. The van der Waals surface area contributed by atoms with E-state index in [2.05, 4.69) is 4.98 Å². The number of nitrogens with zero attached hydrogens (tertiary/aromatic N) is 3. The molecule has 2 heterocycles. The van der Waals surface area contributed by atoms with Gasteiger partial charge in [0.25, 0.3) is 5.91 Å². The molecule has 1 aliphatic rings. The molecule has 6 heteroatoms. The standard InChI is InChI=1S/C25H25N3O3/c1-17-4-8-19(9-5-17)22-21(23(29)20-10-6-18(2)7-11-20)24(30)25(31)28(22)14-3-13-27-15-12-26-16-27/h4-12,15-16,21-22H,3,13-14H2,1-2H3. The van der Waals surface area contributed by atoms with Crippen molar-refractivity contribution in [1.82, 2.24) is 14.5 Å². The highest BCUT2D eigenvalue weighted by Crippen LogP contribution is 2.38. The van der Waals surface area contributed by atoms with Crippen LogP contribution >= 0.6 is 0 Å². The van der Waals surface area contributed by atoms with E-state index in [1.807, 2.05) is 61.0 Å². The minimum Gasteiger partial charge on any atom is -0.337 e. The fourth-order valence-electron chi connectivity index (χ4n) is 4.10. The lowest BCUT2D eigenvalue weighted by Gasteiger charge is -2.27. The van der Waals surface area contributed by atoms with Crippen molar-refractivity contribution in [1.29, 1.82) is 0 Å². The monoisotopic (exact) mass is 415 g/mol. The van der Waals surface area contributed by atoms with E-state index < -0.39 is 23.7 Å². The van der Waals surface area contributed by atoms with E-state index in [4.69, 9.17) is 0 Å². The molecule has 4 rings (SSSR count).